The lowest BCUT2D eigenvalue weighted by atomic mass is 9.79. The van der Waals surface area contributed by atoms with Crippen molar-refractivity contribution < 1.29 is 0 Å². The average Bonchev–Trinajstić information content (AvgIpc) is 2.04. The summed E-state index contributed by atoms with van der Waals surface area (Å²) in [5.41, 5.74) is 1.43. The van der Waals surface area contributed by atoms with Gasteiger partial charge in [-0.05, 0) is 30.8 Å². The molecule has 2 heteroatoms. The van der Waals surface area contributed by atoms with Gasteiger partial charge in [-0.25, -0.2) is 0 Å². The van der Waals surface area contributed by atoms with E-state index in [4.69, 9.17) is 0 Å². The van der Waals surface area contributed by atoms with Gasteiger partial charge in [0.2, 0.25) is 0 Å². The first-order valence-electron chi connectivity index (χ1n) is 4.52. The highest BCUT2D eigenvalue weighted by Crippen LogP contribution is 2.46. The van der Waals surface area contributed by atoms with Crippen LogP contribution in [-0.2, 0) is 0 Å². The molecule has 1 unspecified atom stereocenters. The predicted octanol–water partition coefficient (Wildman–Crippen LogP) is 3.23. The minimum absolute atomic E-state index is 0.131. The highest BCUT2D eigenvalue weighted by Gasteiger charge is 2.34. The summed E-state index contributed by atoms with van der Waals surface area (Å²) in [4.78, 5) is 0. The first-order chi connectivity index (χ1) is 5.70. The molecule has 0 heterocycles. The van der Waals surface area contributed by atoms with Gasteiger partial charge in [-0.2, -0.15) is 25.3 Å². The van der Waals surface area contributed by atoms with Crippen LogP contribution in [0.3, 0.4) is 0 Å². The number of hydrogen-bond acceptors (Lipinski definition) is 2. The Bertz CT molecular complexity index is 238. The Kier molecular flexibility index (Phi) is 2.30. The molecule has 0 aliphatic heterocycles. The molecule has 2 aliphatic carbocycles. The van der Waals surface area contributed by atoms with Crippen molar-refractivity contribution in [1.82, 2.24) is 0 Å². The third-order valence-electron chi connectivity index (χ3n) is 2.81. The van der Waals surface area contributed by atoms with Crippen molar-refractivity contribution in [2.75, 3.05) is 0 Å². The van der Waals surface area contributed by atoms with Crippen molar-refractivity contribution in [3.8, 4) is 0 Å². The molecule has 0 aromatic rings. The number of rotatable bonds is 0. The largest absolute Gasteiger partial charge is 0.157 e. The molecule has 0 N–H and O–H groups in total. The van der Waals surface area contributed by atoms with E-state index >= 15 is 0 Å². The van der Waals surface area contributed by atoms with Crippen molar-refractivity contribution in [3.63, 3.8) is 0 Å². The van der Waals surface area contributed by atoms with Gasteiger partial charge in [-0.1, -0.05) is 24.6 Å². The summed E-state index contributed by atoms with van der Waals surface area (Å²) in [5, 5.41) is 0. The van der Waals surface area contributed by atoms with E-state index < -0.39 is 0 Å². The maximum atomic E-state index is 4.60. The van der Waals surface area contributed by atoms with Gasteiger partial charge in [0.25, 0.3) is 0 Å². The van der Waals surface area contributed by atoms with E-state index in [9.17, 15) is 0 Å². The lowest BCUT2D eigenvalue weighted by Gasteiger charge is -2.37. The Hall–Kier alpha value is 0.180. The molecule has 0 amide bonds. The zero-order valence-electron chi connectivity index (χ0n) is 7.03. The first-order valence-corrected chi connectivity index (χ1v) is 5.41. The minimum atomic E-state index is -0.131. The molecule has 2 rings (SSSR count). The van der Waals surface area contributed by atoms with Gasteiger partial charge < -0.3 is 0 Å². The fraction of sp³-hybridized carbons (Fsp3) is 0.600. The zero-order valence-corrected chi connectivity index (χ0v) is 8.82. The monoisotopic (exact) mass is 198 g/mol. The van der Waals surface area contributed by atoms with Gasteiger partial charge in [0.1, 0.15) is 0 Å². The molecular formula is C10H14S2. The smallest absolute Gasteiger partial charge is 0.0768 e. The standard InChI is InChI=1S/C10H14S2/c11-10(12)7-3-5-8-4-1-2-6-9(8)10/h1-2,6,8,11-12H,3-5,7H2. The van der Waals surface area contributed by atoms with Crippen molar-refractivity contribution >= 4 is 25.3 Å². The summed E-state index contributed by atoms with van der Waals surface area (Å²) >= 11 is 9.20. The summed E-state index contributed by atoms with van der Waals surface area (Å²) in [5.74, 6) is 0.721. The molecule has 0 aromatic heterocycles. The van der Waals surface area contributed by atoms with Crippen molar-refractivity contribution in [2.45, 2.75) is 29.8 Å². The number of hydrogen-bond donors (Lipinski definition) is 2. The van der Waals surface area contributed by atoms with Gasteiger partial charge in [-0.3, -0.25) is 0 Å². The minimum Gasteiger partial charge on any atom is -0.157 e. The molecule has 0 nitrogen and oxygen atoms in total. The number of allylic oxidation sites excluding steroid dienone is 3. The molecule has 12 heavy (non-hydrogen) atoms. The second kappa shape index (κ2) is 3.15. The van der Waals surface area contributed by atoms with E-state index in [1.165, 1.54) is 24.8 Å². The van der Waals surface area contributed by atoms with Crippen LogP contribution in [0, 0.1) is 5.92 Å². The van der Waals surface area contributed by atoms with Crippen molar-refractivity contribution in [3.05, 3.63) is 23.8 Å². The van der Waals surface area contributed by atoms with Crippen LogP contribution in [0.5, 0.6) is 0 Å². The second-order valence-corrected chi connectivity index (χ2v) is 5.57. The maximum Gasteiger partial charge on any atom is 0.0768 e. The molecule has 0 saturated heterocycles. The van der Waals surface area contributed by atoms with E-state index in [1.807, 2.05) is 0 Å². The first kappa shape index (κ1) is 8.76. The topological polar surface area (TPSA) is 0 Å². The van der Waals surface area contributed by atoms with Crippen molar-refractivity contribution in [2.24, 2.45) is 5.92 Å². The van der Waals surface area contributed by atoms with Crippen LogP contribution in [0.25, 0.3) is 0 Å². The molecule has 0 bridgehead atoms. The normalized spacial score (nSPS) is 32.5. The molecule has 2 aliphatic rings. The van der Waals surface area contributed by atoms with Crippen LogP contribution in [0.1, 0.15) is 25.7 Å². The summed E-state index contributed by atoms with van der Waals surface area (Å²) in [7, 11) is 0. The molecule has 66 valence electrons. The van der Waals surface area contributed by atoms with Crippen LogP contribution in [0.4, 0.5) is 0 Å². The quantitative estimate of drug-likeness (QED) is 0.433. The van der Waals surface area contributed by atoms with Gasteiger partial charge in [0.15, 0.2) is 0 Å². The summed E-state index contributed by atoms with van der Waals surface area (Å²) < 4.78 is -0.131. The van der Waals surface area contributed by atoms with E-state index in [0.717, 1.165) is 12.3 Å². The van der Waals surface area contributed by atoms with Crippen LogP contribution in [-0.4, -0.2) is 4.08 Å². The van der Waals surface area contributed by atoms with Gasteiger partial charge in [0, 0.05) is 0 Å². The van der Waals surface area contributed by atoms with E-state index in [1.54, 1.807) is 0 Å². The second-order valence-electron chi connectivity index (χ2n) is 3.69. The summed E-state index contributed by atoms with van der Waals surface area (Å²) in [6, 6.07) is 0. The highest BCUT2D eigenvalue weighted by atomic mass is 32.2. The molecule has 1 fully saturated rings. The third-order valence-corrected chi connectivity index (χ3v) is 3.78. The van der Waals surface area contributed by atoms with E-state index in [2.05, 4.69) is 43.5 Å². The zero-order chi connectivity index (χ0) is 8.60. The van der Waals surface area contributed by atoms with E-state index in [-0.39, 0.29) is 4.08 Å². The van der Waals surface area contributed by atoms with Gasteiger partial charge in [0.05, 0.1) is 4.08 Å². The van der Waals surface area contributed by atoms with Crippen LogP contribution >= 0.6 is 25.3 Å². The predicted molar refractivity (Wildman–Crippen MR) is 59.9 cm³/mol. The fourth-order valence-electron chi connectivity index (χ4n) is 2.15. The molecule has 1 atom stereocenters. The highest BCUT2D eigenvalue weighted by molar-refractivity contribution is 8.01. The Labute approximate surface area is 84.9 Å². The molecule has 0 spiro atoms. The maximum absolute atomic E-state index is 4.60. The summed E-state index contributed by atoms with van der Waals surface area (Å²) in [6.45, 7) is 0. The molecule has 0 aromatic carbocycles. The third kappa shape index (κ3) is 1.47. The fourth-order valence-corrected chi connectivity index (χ4v) is 2.98. The van der Waals surface area contributed by atoms with E-state index in [0.29, 0.717) is 0 Å². The Balaban J connectivity index is 2.29. The lowest BCUT2D eigenvalue weighted by molar-refractivity contribution is 0.448. The van der Waals surface area contributed by atoms with Gasteiger partial charge >= 0.3 is 0 Å². The molecule has 1 saturated carbocycles. The Morgan fingerprint density at radius 1 is 1.42 bits per heavy atom. The van der Waals surface area contributed by atoms with Crippen LogP contribution in [0.2, 0.25) is 0 Å². The SMILES string of the molecule is SC1(S)CCCC2CC=CC=C21. The Morgan fingerprint density at radius 2 is 2.25 bits per heavy atom. The van der Waals surface area contributed by atoms with Gasteiger partial charge in [-0.15, -0.1) is 0 Å². The number of thiol groups is 2. The van der Waals surface area contributed by atoms with Crippen LogP contribution in [0.15, 0.2) is 23.8 Å². The molecule has 0 radical (unpaired) electrons. The van der Waals surface area contributed by atoms with Crippen molar-refractivity contribution in [1.29, 1.82) is 0 Å². The average molecular weight is 198 g/mol. The summed E-state index contributed by atoms with van der Waals surface area (Å²) in [6.07, 6.45) is 11.5. The van der Waals surface area contributed by atoms with Crippen LogP contribution < -0.4 is 0 Å². The lowest BCUT2D eigenvalue weighted by Crippen LogP contribution is -2.28. The molecular weight excluding hydrogens is 184 g/mol. The number of fused-ring (bicyclic) bond motifs is 1. The Morgan fingerprint density at radius 3 is 3.00 bits per heavy atom.